The summed E-state index contributed by atoms with van der Waals surface area (Å²) in [6.45, 7) is 6.54. The van der Waals surface area contributed by atoms with Gasteiger partial charge in [-0.15, -0.1) is 0 Å². The number of piperazine rings is 1. The lowest BCUT2D eigenvalue weighted by Crippen LogP contribution is -2.48. The summed E-state index contributed by atoms with van der Waals surface area (Å²) in [6, 6.07) is 10.2. The maximum atomic E-state index is 13.2. The summed E-state index contributed by atoms with van der Waals surface area (Å²) < 4.78 is 33.7. The lowest BCUT2D eigenvalue weighted by Gasteiger charge is -2.35. The smallest absolute Gasteiger partial charge is 0.243 e. The number of ether oxygens (including phenoxy) is 1. The van der Waals surface area contributed by atoms with Crippen LogP contribution in [0.15, 0.2) is 53.7 Å². The van der Waals surface area contributed by atoms with E-state index in [1.807, 2.05) is 12.1 Å². The Morgan fingerprint density at radius 2 is 2.04 bits per heavy atom. The van der Waals surface area contributed by atoms with Crippen LogP contribution >= 0.6 is 0 Å². The van der Waals surface area contributed by atoms with Crippen molar-refractivity contribution in [3.8, 4) is 5.75 Å². The molecule has 1 N–H and O–H groups in total. The van der Waals surface area contributed by atoms with Crippen LogP contribution in [-0.2, 0) is 10.0 Å². The Hall–Kier alpha value is -1.96. The van der Waals surface area contributed by atoms with Crippen molar-refractivity contribution in [2.75, 3.05) is 26.2 Å². The Morgan fingerprint density at radius 1 is 1.26 bits per heavy atom. The Morgan fingerprint density at radius 3 is 2.70 bits per heavy atom. The minimum absolute atomic E-state index is 0.264. The van der Waals surface area contributed by atoms with Gasteiger partial charge in [-0.1, -0.05) is 19.9 Å². The summed E-state index contributed by atoms with van der Waals surface area (Å²) in [5, 5.41) is 3.27. The summed E-state index contributed by atoms with van der Waals surface area (Å²) in [4.78, 5) is 4.42. The summed E-state index contributed by atoms with van der Waals surface area (Å²) in [7, 11) is -3.60. The third-order valence-electron chi connectivity index (χ3n) is 4.66. The molecular formula is C20H27N3O3S. The lowest BCUT2D eigenvalue weighted by molar-refractivity contribution is 0.271. The van der Waals surface area contributed by atoms with Gasteiger partial charge in [-0.05, 0) is 48.2 Å². The van der Waals surface area contributed by atoms with Crippen molar-refractivity contribution < 1.29 is 13.2 Å². The maximum Gasteiger partial charge on any atom is 0.243 e. The van der Waals surface area contributed by atoms with E-state index in [2.05, 4.69) is 24.1 Å². The average Bonchev–Trinajstić information content (AvgIpc) is 2.69. The van der Waals surface area contributed by atoms with Gasteiger partial charge in [0.2, 0.25) is 10.0 Å². The van der Waals surface area contributed by atoms with E-state index >= 15 is 0 Å². The van der Waals surface area contributed by atoms with E-state index in [9.17, 15) is 8.42 Å². The predicted octanol–water partition coefficient (Wildman–Crippen LogP) is 2.84. The molecular weight excluding hydrogens is 362 g/mol. The molecule has 146 valence electrons. The molecule has 1 aromatic carbocycles. The van der Waals surface area contributed by atoms with Crippen LogP contribution in [-0.4, -0.2) is 43.9 Å². The van der Waals surface area contributed by atoms with E-state index < -0.39 is 10.0 Å². The van der Waals surface area contributed by atoms with Crippen molar-refractivity contribution in [1.29, 1.82) is 0 Å². The molecule has 1 aliphatic rings. The Balaban J connectivity index is 1.78. The van der Waals surface area contributed by atoms with Crippen LogP contribution in [0.4, 0.5) is 0 Å². The van der Waals surface area contributed by atoms with E-state index in [-0.39, 0.29) is 10.9 Å². The first-order chi connectivity index (χ1) is 13.0. The molecule has 1 saturated heterocycles. The highest BCUT2D eigenvalue weighted by Gasteiger charge is 2.34. The first kappa shape index (κ1) is 19.8. The standard InChI is InChI=1S/C20H27N3O3S/c1-16(2)9-13-26-18-5-7-19(8-6-18)27(24,25)23-12-11-22-15-20(23)17-4-3-10-21-14-17/h3-8,10,14,16,20,22H,9,11-13,15H2,1-2H3. The van der Waals surface area contributed by atoms with E-state index in [1.54, 1.807) is 41.0 Å². The first-order valence-corrected chi connectivity index (χ1v) is 10.8. The fourth-order valence-corrected chi connectivity index (χ4v) is 4.70. The van der Waals surface area contributed by atoms with Gasteiger partial charge < -0.3 is 10.1 Å². The Bertz CT molecular complexity index is 823. The molecule has 6 nitrogen and oxygen atoms in total. The van der Waals surface area contributed by atoms with Crippen LogP contribution < -0.4 is 10.1 Å². The van der Waals surface area contributed by atoms with Crippen LogP contribution in [0, 0.1) is 5.92 Å². The number of pyridine rings is 1. The first-order valence-electron chi connectivity index (χ1n) is 9.34. The lowest BCUT2D eigenvalue weighted by atomic mass is 10.1. The van der Waals surface area contributed by atoms with Crippen LogP contribution in [0.3, 0.4) is 0 Å². The molecule has 1 unspecified atom stereocenters. The van der Waals surface area contributed by atoms with Crippen molar-refractivity contribution in [2.45, 2.75) is 31.2 Å². The fourth-order valence-electron chi connectivity index (χ4n) is 3.09. The minimum Gasteiger partial charge on any atom is -0.494 e. The summed E-state index contributed by atoms with van der Waals surface area (Å²) >= 11 is 0. The van der Waals surface area contributed by atoms with Gasteiger partial charge in [0.05, 0.1) is 17.5 Å². The van der Waals surface area contributed by atoms with Crippen LogP contribution in [0.5, 0.6) is 5.75 Å². The largest absolute Gasteiger partial charge is 0.494 e. The molecule has 0 spiro atoms. The Kier molecular flexibility index (Phi) is 6.46. The molecule has 0 amide bonds. The van der Waals surface area contributed by atoms with Crippen molar-refractivity contribution in [3.63, 3.8) is 0 Å². The highest BCUT2D eigenvalue weighted by molar-refractivity contribution is 7.89. The molecule has 0 aliphatic carbocycles. The number of benzene rings is 1. The molecule has 27 heavy (non-hydrogen) atoms. The monoisotopic (exact) mass is 389 g/mol. The van der Waals surface area contributed by atoms with Crippen molar-refractivity contribution >= 4 is 10.0 Å². The van der Waals surface area contributed by atoms with E-state index in [4.69, 9.17) is 4.74 Å². The third-order valence-corrected chi connectivity index (χ3v) is 6.58. The third kappa shape index (κ3) is 4.86. The van der Waals surface area contributed by atoms with Crippen molar-refractivity contribution in [2.24, 2.45) is 5.92 Å². The van der Waals surface area contributed by atoms with Gasteiger partial charge in [0.15, 0.2) is 0 Å². The molecule has 7 heteroatoms. The van der Waals surface area contributed by atoms with Gasteiger partial charge >= 0.3 is 0 Å². The highest BCUT2D eigenvalue weighted by Crippen LogP contribution is 2.29. The quantitative estimate of drug-likeness (QED) is 0.788. The van der Waals surface area contributed by atoms with Crippen LogP contribution in [0.1, 0.15) is 31.9 Å². The molecule has 2 aromatic rings. The molecule has 2 heterocycles. The minimum atomic E-state index is -3.60. The summed E-state index contributed by atoms with van der Waals surface area (Å²) in [5.74, 6) is 1.26. The number of hydrogen-bond acceptors (Lipinski definition) is 5. The molecule has 1 aromatic heterocycles. The second-order valence-corrected chi connectivity index (χ2v) is 9.01. The molecule has 1 atom stereocenters. The molecule has 1 fully saturated rings. The zero-order chi connectivity index (χ0) is 19.3. The van der Waals surface area contributed by atoms with Crippen LogP contribution in [0.25, 0.3) is 0 Å². The van der Waals surface area contributed by atoms with E-state index in [1.165, 1.54) is 0 Å². The maximum absolute atomic E-state index is 13.2. The average molecular weight is 390 g/mol. The molecule has 0 bridgehead atoms. The van der Waals surface area contributed by atoms with Gasteiger partial charge in [-0.25, -0.2) is 8.42 Å². The highest BCUT2D eigenvalue weighted by atomic mass is 32.2. The SMILES string of the molecule is CC(C)CCOc1ccc(S(=O)(=O)N2CCNCC2c2cccnc2)cc1. The molecule has 3 rings (SSSR count). The van der Waals surface area contributed by atoms with Gasteiger partial charge in [-0.2, -0.15) is 4.31 Å². The predicted molar refractivity (Wildman–Crippen MR) is 105 cm³/mol. The van der Waals surface area contributed by atoms with Gasteiger partial charge in [0.1, 0.15) is 5.75 Å². The van der Waals surface area contributed by atoms with Crippen LogP contribution in [0.2, 0.25) is 0 Å². The van der Waals surface area contributed by atoms with E-state index in [0.717, 1.165) is 12.0 Å². The second kappa shape index (κ2) is 8.82. The number of nitrogens with one attached hydrogen (secondary N) is 1. The van der Waals surface area contributed by atoms with Gasteiger partial charge in [0, 0.05) is 32.0 Å². The van der Waals surface area contributed by atoms with Gasteiger partial charge in [0.25, 0.3) is 0 Å². The molecule has 0 saturated carbocycles. The van der Waals surface area contributed by atoms with Crippen molar-refractivity contribution in [3.05, 3.63) is 54.4 Å². The fraction of sp³-hybridized carbons (Fsp3) is 0.450. The zero-order valence-electron chi connectivity index (χ0n) is 15.8. The summed E-state index contributed by atoms with van der Waals surface area (Å²) in [5.41, 5.74) is 0.891. The topological polar surface area (TPSA) is 71.5 Å². The Labute approximate surface area is 161 Å². The number of rotatable bonds is 7. The number of aromatic nitrogens is 1. The number of nitrogens with zero attached hydrogens (tertiary/aromatic N) is 2. The summed E-state index contributed by atoms with van der Waals surface area (Å²) in [6.07, 6.45) is 4.38. The number of hydrogen-bond donors (Lipinski definition) is 1. The zero-order valence-corrected chi connectivity index (χ0v) is 16.7. The molecule has 1 aliphatic heterocycles. The molecule has 0 radical (unpaired) electrons. The van der Waals surface area contributed by atoms with Crippen molar-refractivity contribution in [1.82, 2.24) is 14.6 Å². The number of sulfonamides is 1. The van der Waals surface area contributed by atoms with E-state index in [0.29, 0.717) is 37.9 Å². The van der Waals surface area contributed by atoms with Gasteiger partial charge in [-0.3, -0.25) is 4.98 Å². The normalized spacial score (nSPS) is 18.6. The second-order valence-electron chi connectivity index (χ2n) is 7.12.